The van der Waals surface area contributed by atoms with Gasteiger partial charge in [0.25, 0.3) is 0 Å². The van der Waals surface area contributed by atoms with Gasteiger partial charge in [-0.1, -0.05) is 41.1 Å². The van der Waals surface area contributed by atoms with Gasteiger partial charge in [0.1, 0.15) is 5.75 Å². The zero-order chi connectivity index (χ0) is 18.4. The molecule has 0 saturated carbocycles. The van der Waals surface area contributed by atoms with Crippen LogP contribution in [0.4, 0.5) is 0 Å². The smallest absolute Gasteiger partial charge is 0.228 e. The number of amides is 1. The molecule has 0 aliphatic carbocycles. The molecule has 1 N–H and O–H groups in total. The summed E-state index contributed by atoms with van der Waals surface area (Å²) in [7, 11) is 1.61. The lowest BCUT2D eigenvalue weighted by Gasteiger charge is -2.05. The van der Waals surface area contributed by atoms with E-state index >= 15 is 0 Å². The van der Waals surface area contributed by atoms with Gasteiger partial charge in [0.2, 0.25) is 17.6 Å². The zero-order valence-electron chi connectivity index (χ0n) is 14.9. The van der Waals surface area contributed by atoms with E-state index < -0.39 is 0 Å². The van der Waals surface area contributed by atoms with Gasteiger partial charge < -0.3 is 14.6 Å². The van der Waals surface area contributed by atoms with Crippen LogP contribution in [0.15, 0.2) is 53.1 Å². The maximum atomic E-state index is 12.0. The highest BCUT2D eigenvalue weighted by Crippen LogP contribution is 2.17. The van der Waals surface area contributed by atoms with Gasteiger partial charge >= 0.3 is 0 Å². The summed E-state index contributed by atoms with van der Waals surface area (Å²) in [4.78, 5) is 16.4. The highest BCUT2D eigenvalue weighted by atomic mass is 16.5. The topological polar surface area (TPSA) is 77.2 Å². The molecule has 2 aromatic carbocycles. The third-order valence-corrected chi connectivity index (χ3v) is 3.93. The summed E-state index contributed by atoms with van der Waals surface area (Å²) in [6.45, 7) is 2.47. The van der Waals surface area contributed by atoms with Crippen LogP contribution in [0.2, 0.25) is 0 Å². The monoisotopic (exact) mass is 351 g/mol. The number of nitrogens with zero attached hydrogens (tertiary/aromatic N) is 2. The van der Waals surface area contributed by atoms with Crippen LogP contribution in [0.3, 0.4) is 0 Å². The number of hydrogen-bond acceptors (Lipinski definition) is 5. The molecular formula is C20H21N3O3. The number of carbonyl (C=O) groups excluding carboxylic acids is 1. The van der Waals surface area contributed by atoms with Gasteiger partial charge in [0.05, 0.1) is 13.5 Å². The number of aromatic nitrogens is 2. The highest BCUT2D eigenvalue weighted by Gasteiger charge is 2.09. The van der Waals surface area contributed by atoms with Crippen molar-refractivity contribution in [2.24, 2.45) is 0 Å². The van der Waals surface area contributed by atoms with Gasteiger partial charge in [-0.05, 0) is 30.7 Å². The molecule has 134 valence electrons. The predicted octanol–water partition coefficient (Wildman–Crippen LogP) is 2.96. The molecule has 0 saturated heterocycles. The van der Waals surface area contributed by atoms with Crippen LogP contribution in [0.1, 0.15) is 17.0 Å². The molecular weight excluding hydrogens is 330 g/mol. The number of ether oxygens (including phenoxy) is 1. The summed E-state index contributed by atoms with van der Waals surface area (Å²) in [5.74, 6) is 1.79. The number of nitrogens with one attached hydrogen (secondary N) is 1. The summed E-state index contributed by atoms with van der Waals surface area (Å²) in [5.41, 5.74) is 2.99. The van der Waals surface area contributed by atoms with E-state index in [2.05, 4.69) is 15.5 Å². The largest absolute Gasteiger partial charge is 0.497 e. The van der Waals surface area contributed by atoms with Crippen molar-refractivity contribution in [3.05, 3.63) is 65.5 Å². The maximum absolute atomic E-state index is 12.0. The fourth-order valence-corrected chi connectivity index (χ4v) is 2.56. The van der Waals surface area contributed by atoms with E-state index in [0.29, 0.717) is 31.1 Å². The number of benzene rings is 2. The lowest BCUT2D eigenvalue weighted by molar-refractivity contribution is -0.120. The van der Waals surface area contributed by atoms with E-state index in [4.69, 9.17) is 9.26 Å². The first-order valence-electron chi connectivity index (χ1n) is 8.43. The molecule has 3 rings (SSSR count). The molecule has 1 heterocycles. The van der Waals surface area contributed by atoms with Crippen molar-refractivity contribution in [3.8, 4) is 17.1 Å². The van der Waals surface area contributed by atoms with Crippen molar-refractivity contribution in [1.82, 2.24) is 15.5 Å². The minimum atomic E-state index is -0.0476. The van der Waals surface area contributed by atoms with Crippen LogP contribution in [0.5, 0.6) is 5.75 Å². The van der Waals surface area contributed by atoms with Gasteiger partial charge in [-0.15, -0.1) is 0 Å². The van der Waals surface area contributed by atoms with Crippen molar-refractivity contribution in [1.29, 1.82) is 0 Å². The van der Waals surface area contributed by atoms with E-state index in [-0.39, 0.29) is 5.91 Å². The van der Waals surface area contributed by atoms with Crippen LogP contribution in [0.25, 0.3) is 11.4 Å². The van der Waals surface area contributed by atoms with Gasteiger partial charge in [0.15, 0.2) is 0 Å². The SMILES string of the molecule is COc1ccc(CC(=O)NCCc2nc(-c3cccc(C)c3)no2)cc1. The average Bonchev–Trinajstić information content (AvgIpc) is 3.11. The molecule has 0 fully saturated rings. The van der Waals surface area contributed by atoms with Gasteiger partial charge in [-0.2, -0.15) is 4.98 Å². The Morgan fingerprint density at radius 3 is 2.73 bits per heavy atom. The second kappa shape index (κ2) is 8.29. The summed E-state index contributed by atoms with van der Waals surface area (Å²) >= 11 is 0. The Balaban J connectivity index is 1.48. The first kappa shape index (κ1) is 17.7. The molecule has 0 spiro atoms. The summed E-state index contributed by atoms with van der Waals surface area (Å²) in [6, 6.07) is 15.4. The normalized spacial score (nSPS) is 10.5. The summed E-state index contributed by atoms with van der Waals surface area (Å²) < 4.78 is 10.4. The summed E-state index contributed by atoms with van der Waals surface area (Å²) in [6.07, 6.45) is 0.815. The molecule has 0 unspecified atom stereocenters. The molecule has 0 aliphatic rings. The number of aryl methyl sites for hydroxylation is 1. The van der Waals surface area contributed by atoms with Crippen molar-refractivity contribution >= 4 is 5.91 Å². The van der Waals surface area contributed by atoms with Crippen molar-refractivity contribution in [2.45, 2.75) is 19.8 Å². The zero-order valence-corrected chi connectivity index (χ0v) is 14.9. The Kier molecular flexibility index (Phi) is 5.63. The van der Waals surface area contributed by atoms with Crippen molar-refractivity contribution in [3.63, 3.8) is 0 Å². The highest BCUT2D eigenvalue weighted by molar-refractivity contribution is 5.78. The van der Waals surface area contributed by atoms with Gasteiger partial charge in [0, 0.05) is 18.5 Å². The predicted molar refractivity (Wildman–Crippen MR) is 97.9 cm³/mol. The first-order valence-corrected chi connectivity index (χ1v) is 8.43. The third-order valence-electron chi connectivity index (χ3n) is 3.93. The van der Waals surface area contributed by atoms with Crippen LogP contribution in [-0.4, -0.2) is 29.7 Å². The molecule has 6 heteroatoms. The minimum Gasteiger partial charge on any atom is -0.497 e. The minimum absolute atomic E-state index is 0.0476. The standard InChI is InChI=1S/C20H21N3O3/c1-14-4-3-5-16(12-14)20-22-19(26-23-20)10-11-21-18(24)13-15-6-8-17(25-2)9-7-15/h3-9,12H,10-11,13H2,1-2H3,(H,21,24). The van der Waals surface area contributed by atoms with Gasteiger partial charge in [-0.25, -0.2) is 0 Å². The Hall–Kier alpha value is -3.15. The molecule has 6 nitrogen and oxygen atoms in total. The molecule has 3 aromatic rings. The van der Waals surface area contributed by atoms with E-state index in [9.17, 15) is 4.79 Å². The first-order chi connectivity index (χ1) is 12.6. The van der Waals surface area contributed by atoms with E-state index in [1.807, 2.05) is 55.5 Å². The van der Waals surface area contributed by atoms with E-state index in [1.54, 1.807) is 7.11 Å². The van der Waals surface area contributed by atoms with Crippen LogP contribution in [-0.2, 0) is 17.6 Å². The quantitative estimate of drug-likeness (QED) is 0.708. The summed E-state index contributed by atoms with van der Waals surface area (Å²) in [5, 5.41) is 6.87. The Labute approximate surface area is 152 Å². The maximum Gasteiger partial charge on any atom is 0.228 e. The van der Waals surface area contributed by atoms with Crippen molar-refractivity contribution < 1.29 is 14.1 Å². The van der Waals surface area contributed by atoms with Crippen LogP contribution >= 0.6 is 0 Å². The number of rotatable bonds is 7. The fourth-order valence-electron chi connectivity index (χ4n) is 2.56. The van der Waals surface area contributed by atoms with E-state index in [1.165, 1.54) is 0 Å². The number of carbonyl (C=O) groups is 1. The molecule has 0 aliphatic heterocycles. The Bertz CT molecular complexity index is 872. The molecule has 1 aromatic heterocycles. The van der Waals surface area contributed by atoms with Crippen LogP contribution < -0.4 is 10.1 Å². The molecule has 0 radical (unpaired) electrons. The fraction of sp³-hybridized carbons (Fsp3) is 0.250. The molecule has 0 atom stereocenters. The second-order valence-electron chi connectivity index (χ2n) is 6.01. The van der Waals surface area contributed by atoms with Gasteiger partial charge in [-0.3, -0.25) is 4.79 Å². The van der Waals surface area contributed by atoms with Crippen molar-refractivity contribution in [2.75, 3.05) is 13.7 Å². The Morgan fingerprint density at radius 2 is 2.00 bits per heavy atom. The molecule has 0 bridgehead atoms. The molecule has 1 amide bonds. The second-order valence-corrected chi connectivity index (χ2v) is 6.01. The number of methoxy groups -OCH3 is 1. The van der Waals surface area contributed by atoms with Crippen LogP contribution in [0, 0.1) is 6.92 Å². The lowest BCUT2D eigenvalue weighted by atomic mass is 10.1. The third kappa shape index (κ3) is 4.69. The number of hydrogen-bond donors (Lipinski definition) is 1. The van der Waals surface area contributed by atoms with E-state index in [0.717, 1.165) is 22.4 Å². The molecule has 26 heavy (non-hydrogen) atoms. The lowest BCUT2D eigenvalue weighted by Crippen LogP contribution is -2.27. The Morgan fingerprint density at radius 1 is 1.19 bits per heavy atom. The average molecular weight is 351 g/mol.